The van der Waals surface area contributed by atoms with Gasteiger partial charge in [0.25, 0.3) is 0 Å². The van der Waals surface area contributed by atoms with Crippen molar-refractivity contribution < 1.29 is 14.7 Å². The highest BCUT2D eigenvalue weighted by Crippen LogP contribution is 2.38. The number of nitrogens with zero attached hydrogens (tertiary/aromatic N) is 2. The van der Waals surface area contributed by atoms with Gasteiger partial charge in [0.15, 0.2) is 0 Å². The Hall–Kier alpha value is -1.36. The summed E-state index contributed by atoms with van der Waals surface area (Å²) in [5.74, 6) is -0.639. The van der Waals surface area contributed by atoms with Gasteiger partial charge < -0.3 is 10.0 Å². The Bertz CT molecular complexity index is 420. The van der Waals surface area contributed by atoms with Crippen LogP contribution in [0.5, 0.6) is 0 Å². The molecule has 0 aliphatic carbocycles. The Morgan fingerprint density at radius 2 is 2.05 bits per heavy atom. The molecule has 0 saturated carbocycles. The molecule has 1 fully saturated rings. The minimum Gasteiger partial charge on any atom is -0.481 e. The Morgan fingerprint density at radius 1 is 1.43 bits per heavy atom. The molecule has 5 nitrogen and oxygen atoms in total. The van der Waals surface area contributed by atoms with E-state index in [-0.39, 0.29) is 11.8 Å². The molecule has 120 valence electrons. The Labute approximate surface area is 127 Å². The summed E-state index contributed by atoms with van der Waals surface area (Å²) in [4.78, 5) is 27.6. The van der Waals surface area contributed by atoms with Crippen molar-refractivity contribution in [3.63, 3.8) is 0 Å². The molecule has 1 aliphatic heterocycles. The van der Waals surface area contributed by atoms with E-state index >= 15 is 0 Å². The lowest BCUT2D eigenvalue weighted by atomic mass is 9.76. The molecule has 21 heavy (non-hydrogen) atoms. The number of carbonyl (C=O) groups is 2. The lowest BCUT2D eigenvalue weighted by molar-refractivity contribution is -0.151. The summed E-state index contributed by atoms with van der Waals surface area (Å²) in [5, 5.41) is 9.53. The van der Waals surface area contributed by atoms with Crippen molar-refractivity contribution >= 4 is 11.9 Å². The van der Waals surface area contributed by atoms with Crippen LogP contribution in [0.1, 0.15) is 34.1 Å². The summed E-state index contributed by atoms with van der Waals surface area (Å²) in [6, 6.07) is 0. The zero-order valence-corrected chi connectivity index (χ0v) is 13.7. The quantitative estimate of drug-likeness (QED) is 0.728. The molecule has 0 spiro atoms. The molecule has 0 radical (unpaired) electrons. The van der Waals surface area contributed by atoms with Crippen LogP contribution in [0.25, 0.3) is 0 Å². The Balaban J connectivity index is 2.67. The lowest BCUT2D eigenvalue weighted by Gasteiger charge is -2.29. The second-order valence-electron chi connectivity index (χ2n) is 6.44. The van der Waals surface area contributed by atoms with Crippen molar-refractivity contribution in [3.05, 3.63) is 12.2 Å². The fraction of sp³-hybridized carbons (Fsp3) is 0.750. The van der Waals surface area contributed by atoms with E-state index in [1.54, 1.807) is 4.90 Å². The third-order valence-corrected chi connectivity index (χ3v) is 4.47. The molecular weight excluding hydrogens is 268 g/mol. The number of hydrogen-bond acceptors (Lipinski definition) is 3. The summed E-state index contributed by atoms with van der Waals surface area (Å²) in [5.41, 5.74) is 0.236. The summed E-state index contributed by atoms with van der Waals surface area (Å²) in [7, 11) is 0. The van der Waals surface area contributed by atoms with Gasteiger partial charge in [-0.05, 0) is 32.7 Å². The topological polar surface area (TPSA) is 60.9 Å². The number of carbonyl (C=O) groups excluding carboxylic acids is 1. The maximum Gasteiger partial charge on any atom is 0.311 e. The van der Waals surface area contributed by atoms with Gasteiger partial charge in [-0.3, -0.25) is 14.5 Å². The zero-order chi connectivity index (χ0) is 16.2. The first kappa shape index (κ1) is 17.7. The summed E-state index contributed by atoms with van der Waals surface area (Å²) in [6.07, 6.45) is 0.611. The van der Waals surface area contributed by atoms with Gasteiger partial charge in [-0.15, -0.1) is 0 Å². The molecule has 1 saturated heterocycles. The molecule has 1 aliphatic rings. The number of carboxylic acid groups (broad SMARTS) is 1. The molecule has 0 bridgehead atoms. The van der Waals surface area contributed by atoms with Gasteiger partial charge in [-0.25, -0.2) is 0 Å². The predicted molar refractivity (Wildman–Crippen MR) is 83.0 cm³/mol. The van der Waals surface area contributed by atoms with Crippen molar-refractivity contribution in [2.75, 3.05) is 32.7 Å². The average Bonchev–Trinajstić information content (AvgIpc) is 2.80. The molecular formula is C16H28N2O3. The van der Waals surface area contributed by atoms with E-state index in [4.69, 9.17) is 0 Å². The molecule has 1 unspecified atom stereocenters. The van der Waals surface area contributed by atoms with Gasteiger partial charge in [0.2, 0.25) is 5.91 Å². The normalized spacial score (nSPS) is 22.5. The van der Waals surface area contributed by atoms with E-state index in [9.17, 15) is 14.7 Å². The Morgan fingerprint density at radius 3 is 2.43 bits per heavy atom. The molecule has 1 amide bonds. The second-order valence-corrected chi connectivity index (χ2v) is 6.44. The number of hydrogen-bond donors (Lipinski definition) is 1. The van der Waals surface area contributed by atoms with Gasteiger partial charge in [-0.1, -0.05) is 26.0 Å². The van der Waals surface area contributed by atoms with Crippen LogP contribution in [-0.2, 0) is 9.59 Å². The predicted octanol–water partition coefficient (Wildman–Crippen LogP) is 1.84. The van der Waals surface area contributed by atoms with E-state index in [2.05, 4.69) is 6.58 Å². The first-order valence-electron chi connectivity index (χ1n) is 7.60. The van der Waals surface area contributed by atoms with E-state index in [1.165, 1.54) is 0 Å². The molecule has 1 heterocycles. The number of rotatable bonds is 7. The van der Waals surface area contributed by atoms with E-state index in [0.29, 0.717) is 39.1 Å². The monoisotopic (exact) mass is 296 g/mol. The van der Waals surface area contributed by atoms with Crippen molar-refractivity contribution in [2.24, 2.45) is 11.3 Å². The second kappa shape index (κ2) is 7.07. The van der Waals surface area contributed by atoms with Crippen molar-refractivity contribution in [2.45, 2.75) is 34.1 Å². The van der Waals surface area contributed by atoms with E-state index in [1.807, 2.05) is 32.6 Å². The van der Waals surface area contributed by atoms with E-state index in [0.717, 1.165) is 5.57 Å². The fourth-order valence-corrected chi connectivity index (χ4v) is 2.94. The minimum absolute atomic E-state index is 0.0467. The summed E-state index contributed by atoms with van der Waals surface area (Å²) >= 11 is 0. The molecule has 1 rings (SSSR count). The van der Waals surface area contributed by atoms with Gasteiger partial charge in [-0.2, -0.15) is 0 Å². The SMILES string of the molecule is C=C(C)CN(CC)C(=O)CN1CCC(C(=O)O)(C(C)C)C1. The zero-order valence-electron chi connectivity index (χ0n) is 13.7. The summed E-state index contributed by atoms with van der Waals surface area (Å²) in [6.45, 7) is 14.2. The standard InChI is InChI=1S/C16H28N2O3/c1-6-18(9-12(2)3)14(19)10-17-8-7-16(11-17,13(4)5)15(20)21/h13H,2,6-11H2,1,3-5H3,(H,20,21). The smallest absolute Gasteiger partial charge is 0.311 e. The highest BCUT2D eigenvalue weighted by molar-refractivity contribution is 5.79. The molecule has 0 aromatic rings. The maximum atomic E-state index is 12.3. The van der Waals surface area contributed by atoms with Crippen molar-refractivity contribution in [1.82, 2.24) is 9.80 Å². The van der Waals surface area contributed by atoms with Gasteiger partial charge in [0.1, 0.15) is 0 Å². The van der Waals surface area contributed by atoms with Crippen molar-refractivity contribution in [1.29, 1.82) is 0 Å². The van der Waals surface area contributed by atoms with Crippen LogP contribution in [0.3, 0.4) is 0 Å². The largest absolute Gasteiger partial charge is 0.481 e. The number of amides is 1. The third-order valence-electron chi connectivity index (χ3n) is 4.47. The number of aliphatic carboxylic acids is 1. The van der Waals surface area contributed by atoms with E-state index < -0.39 is 11.4 Å². The Kier molecular flexibility index (Phi) is 5.96. The summed E-state index contributed by atoms with van der Waals surface area (Å²) < 4.78 is 0. The molecule has 5 heteroatoms. The maximum absolute atomic E-state index is 12.3. The number of likely N-dealkylation sites (tertiary alicyclic amines) is 1. The van der Waals surface area contributed by atoms with Gasteiger partial charge in [0, 0.05) is 19.6 Å². The first-order chi connectivity index (χ1) is 9.72. The van der Waals surface area contributed by atoms with Crippen LogP contribution in [-0.4, -0.2) is 59.5 Å². The molecule has 0 aromatic carbocycles. The lowest BCUT2D eigenvalue weighted by Crippen LogP contribution is -2.43. The van der Waals surface area contributed by atoms with Crippen molar-refractivity contribution in [3.8, 4) is 0 Å². The number of carboxylic acids is 1. The molecule has 1 atom stereocenters. The fourth-order valence-electron chi connectivity index (χ4n) is 2.94. The molecule has 0 aromatic heterocycles. The van der Waals surface area contributed by atoms with Crippen LogP contribution in [0, 0.1) is 11.3 Å². The minimum atomic E-state index is -0.748. The highest BCUT2D eigenvalue weighted by atomic mass is 16.4. The highest BCUT2D eigenvalue weighted by Gasteiger charge is 2.47. The van der Waals surface area contributed by atoms with Crippen LogP contribution >= 0.6 is 0 Å². The van der Waals surface area contributed by atoms with Crippen LogP contribution in [0.2, 0.25) is 0 Å². The average molecular weight is 296 g/mol. The van der Waals surface area contributed by atoms with Crippen LogP contribution < -0.4 is 0 Å². The van der Waals surface area contributed by atoms with Crippen LogP contribution in [0.15, 0.2) is 12.2 Å². The first-order valence-corrected chi connectivity index (χ1v) is 7.60. The van der Waals surface area contributed by atoms with Crippen LogP contribution in [0.4, 0.5) is 0 Å². The molecule has 1 N–H and O–H groups in total. The van der Waals surface area contributed by atoms with Gasteiger partial charge >= 0.3 is 5.97 Å². The van der Waals surface area contributed by atoms with Gasteiger partial charge in [0.05, 0.1) is 12.0 Å². The third kappa shape index (κ3) is 4.06. The number of likely N-dealkylation sites (N-methyl/N-ethyl adjacent to an activating group) is 1.